The molecule has 0 nitrogen and oxygen atoms in total. The van der Waals surface area contributed by atoms with Crippen molar-refractivity contribution >= 4 is 0 Å². The van der Waals surface area contributed by atoms with Crippen molar-refractivity contribution < 1.29 is 0 Å². The van der Waals surface area contributed by atoms with E-state index in [1.807, 2.05) is 0 Å². The Kier molecular flexibility index (Phi) is 2.48. The second kappa shape index (κ2) is 3.25. The van der Waals surface area contributed by atoms with Crippen molar-refractivity contribution in [1.82, 2.24) is 0 Å². The summed E-state index contributed by atoms with van der Waals surface area (Å²) in [5, 5.41) is 0. The van der Waals surface area contributed by atoms with Crippen molar-refractivity contribution in [3.63, 3.8) is 0 Å². The van der Waals surface area contributed by atoms with Crippen molar-refractivity contribution in [2.45, 2.75) is 60.8 Å². The largest absolute Gasteiger partial charge is 0.0622 e. The zero-order valence-corrected chi connectivity index (χ0v) is 11.4. The predicted octanol–water partition coefficient (Wildman–Crippen LogP) is 4.74. The summed E-state index contributed by atoms with van der Waals surface area (Å²) in [6.07, 6.45) is 4.37. The number of rotatable bonds is 0. The van der Waals surface area contributed by atoms with E-state index in [2.05, 4.69) is 41.5 Å². The first-order chi connectivity index (χ1) is 6.74. The molecular weight excluding hydrogens is 180 g/mol. The van der Waals surface area contributed by atoms with Gasteiger partial charge >= 0.3 is 0 Å². The maximum atomic E-state index is 2.50. The third kappa shape index (κ3) is 1.74. The Bertz CT molecular complexity index is 223. The van der Waals surface area contributed by atoms with Gasteiger partial charge in [-0.25, -0.2) is 0 Å². The lowest BCUT2D eigenvalue weighted by Gasteiger charge is -2.58. The van der Waals surface area contributed by atoms with Gasteiger partial charge in [-0.2, -0.15) is 0 Å². The minimum atomic E-state index is 0.589. The Morgan fingerprint density at radius 1 is 0.733 bits per heavy atom. The molecule has 15 heavy (non-hydrogen) atoms. The molecule has 0 spiro atoms. The van der Waals surface area contributed by atoms with Crippen LogP contribution >= 0.6 is 0 Å². The summed E-state index contributed by atoms with van der Waals surface area (Å²) < 4.78 is 0. The summed E-state index contributed by atoms with van der Waals surface area (Å²) >= 11 is 0. The predicted molar refractivity (Wildman–Crippen MR) is 66.7 cm³/mol. The van der Waals surface area contributed by atoms with Gasteiger partial charge in [-0.1, -0.05) is 41.5 Å². The van der Waals surface area contributed by atoms with Crippen LogP contribution < -0.4 is 0 Å². The molecule has 2 aliphatic rings. The van der Waals surface area contributed by atoms with Crippen molar-refractivity contribution in [2.24, 2.45) is 34.5 Å². The van der Waals surface area contributed by atoms with E-state index in [0.717, 1.165) is 23.7 Å². The molecule has 0 N–H and O–H groups in total. The molecule has 0 amide bonds. The molecule has 0 aliphatic heterocycles. The van der Waals surface area contributed by atoms with E-state index in [0.29, 0.717) is 10.8 Å². The van der Waals surface area contributed by atoms with Gasteiger partial charge in [0.1, 0.15) is 0 Å². The fourth-order valence-corrected chi connectivity index (χ4v) is 5.16. The Labute approximate surface area is 95.8 Å². The highest BCUT2D eigenvalue weighted by Crippen LogP contribution is 2.60. The molecule has 2 aliphatic carbocycles. The fraction of sp³-hybridized carbons (Fsp3) is 1.00. The maximum absolute atomic E-state index is 2.50. The SMILES string of the molecule is CC1CC(C)(C)C2CC1C(C)(C)CC2C. The van der Waals surface area contributed by atoms with Gasteiger partial charge in [0.2, 0.25) is 0 Å². The second-order valence-corrected chi connectivity index (χ2v) is 7.79. The minimum Gasteiger partial charge on any atom is -0.0622 e. The van der Waals surface area contributed by atoms with E-state index in [-0.39, 0.29) is 0 Å². The molecule has 2 rings (SSSR count). The average Bonchev–Trinajstić information content (AvgIpc) is 1.98. The highest BCUT2D eigenvalue weighted by Gasteiger charge is 2.51. The van der Waals surface area contributed by atoms with Gasteiger partial charge in [-0.05, 0) is 53.8 Å². The second-order valence-electron chi connectivity index (χ2n) is 7.79. The summed E-state index contributed by atoms with van der Waals surface area (Å²) in [6, 6.07) is 0. The quantitative estimate of drug-likeness (QED) is 0.539. The van der Waals surface area contributed by atoms with Gasteiger partial charge in [0.05, 0.1) is 0 Å². The molecule has 4 atom stereocenters. The summed E-state index contributed by atoms with van der Waals surface area (Å²) in [5.41, 5.74) is 1.18. The lowest BCUT2D eigenvalue weighted by atomic mass is 9.47. The zero-order chi connectivity index (χ0) is 11.4. The smallest absolute Gasteiger partial charge is 0.0321 e. The third-order valence-corrected chi connectivity index (χ3v) is 5.59. The van der Waals surface area contributed by atoms with Crippen molar-refractivity contribution in [3.8, 4) is 0 Å². The first kappa shape index (κ1) is 11.5. The molecule has 2 saturated carbocycles. The monoisotopic (exact) mass is 208 g/mol. The van der Waals surface area contributed by atoms with E-state index in [9.17, 15) is 0 Å². The van der Waals surface area contributed by atoms with Gasteiger partial charge in [0, 0.05) is 0 Å². The van der Waals surface area contributed by atoms with E-state index < -0.39 is 0 Å². The van der Waals surface area contributed by atoms with Crippen LogP contribution in [0.25, 0.3) is 0 Å². The molecule has 0 heterocycles. The summed E-state index contributed by atoms with van der Waals surface area (Å²) in [7, 11) is 0. The molecule has 2 fully saturated rings. The Hall–Kier alpha value is 0. The van der Waals surface area contributed by atoms with Crippen molar-refractivity contribution in [1.29, 1.82) is 0 Å². The van der Waals surface area contributed by atoms with E-state index in [1.54, 1.807) is 0 Å². The normalized spacial score (nSPS) is 47.6. The van der Waals surface area contributed by atoms with Crippen LogP contribution in [0.1, 0.15) is 60.8 Å². The number of hydrogen-bond acceptors (Lipinski definition) is 0. The van der Waals surface area contributed by atoms with E-state index in [4.69, 9.17) is 0 Å². The van der Waals surface area contributed by atoms with Gasteiger partial charge in [-0.15, -0.1) is 0 Å². The van der Waals surface area contributed by atoms with Crippen LogP contribution in [0.3, 0.4) is 0 Å². The molecule has 4 unspecified atom stereocenters. The van der Waals surface area contributed by atoms with Crippen LogP contribution in [0.4, 0.5) is 0 Å². The summed E-state index contributed by atoms with van der Waals surface area (Å²) in [6.45, 7) is 15.0. The summed E-state index contributed by atoms with van der Waals surface area (Å²) in [5.74, 6) is 3.82. The summed E-state index contributed by atoms with van der Waals surface area (Å²) in [4.78, 5) is 0. The Morgan fingerprint density at radius 2 is 1.07 bits per heavy atom. The van der Waals surface area contributed by atoms with Crippen LogP contribution in [0.2, 0.25) is 0 Å². The molecule has 88 valence electrons. The third-order valence-electron chi connectivity index (χ3n) is 5.59. The lowest BCUT2D eigenvalue weighted by Crippen LogP contribution is -2.49. The lowest BCUT2D eigenvalue weighted by molar-refractivity contribution is -0.0831. The Balaban J connectivity index is 2.28. The van der Waals surface area contributed by atoms with Gasteiger partial charge in [0.15, 0.2) is 0 Å². The van der Waals surface area contributed by atoms with Crippen LogP contribution in [0.15, 0.2) is 0 Å². The number of hydrogen-bond donors (Lipinski definition) is 0. The van der Waals surface area contributed by atoms with Gasteiger partial charge in [0.25, 0.3) is 0 Å². The standard InChI is InChI=1S/C15H28/c1-10-8-14(3,4)13-7-12(10)15(5,6)9-11(13)2/h10-13H,7-9H2,1-6H3. The van der Waals surface area contributed by atoms with E-state index >= 15 is 0 Å². The molecule has 0 saturated heterocycles. The molecule has 2 bridgehead atoms. The first-order valence-electron chi connectivity index (χ1n) is 6.74. The van der Waals surface area contributed by atoms with Crippen LogP contribution in [-0.2, 0) is 0 Å². The molecule has 0 radical (unpaired) electrons. The average molecular weight is 208 g/mol. The zero-order valence-electron chi connectivity index (χ0n) is 11.4. The van der Waals surface area contributed by atoms with Crippen LogP contribution in [0.5, 0.6) is 0 Å². The van der Waals surface area contributed by atoms with Gasteiger partial charge < -0.3 is 0 Å². The van der Waals surface area contributed by atoms with Crippen molar-refractivity contribution in [2.75, 3.05) is 0 Å². The first-order valence-corrected chi connectivity index (χ1v) is 6.74. The van der Waals surface area contributed by atoms with Crippen LogP contribution in [-0.4, -0.2) is 0 Å². The van der Waals surface area contributed by atoms with Crippen LogP contribution in [0, 0.1) is 34.5 Å². The van der Waals surface area contributed by atoms with Gasteiger partial charge in [-0.3, -0.25) is 0 Å². The topological polar surface area (TPSA) is 0 Å². The number of fused-ring (bicyclic) bond motifs is 2. The highest BCUT2D eigenvalue weighted by molar-refractivity contribution is 5.00. The molecule has 0 aromatic rings. The Morgan fingerprint density at radius 3 is 1.40 bits per heavy atom. The molecular formula is C15H28. The molecule has 0 aromatic carbocycles. The molecule has 0 heteroatoms. The maximum Gasteiger partial charge on any atom is -0.0321 e. The minimum absolute atomic E-state index is 0.589. The molecule has 0 aromatic heterocycles. The van der Waals surface area contributed by atoms with E-state index in [1.165, 1.54) is 19.3 Å². The highest BCUT2D eigenvalue weighted by atomic mass is 14.6. The van der Waals surface area contributed by atoms with Crippen molar-refractivity contribution in [3.05, 3.63) is 0 Å². The fourth-order valence-electron chi connectivity index (χ4n) is 5.16.